The second kappa shape index (κ2) is 4.81. The van der Waals surface area contributed by atoms with E-state index in [0.717, 1.165) is 4.47 Å². The second-order valence-electron chi connectivity index (χ2n) is 3.64. The summed E-state index contributed by atoms with van der Waals surface area (Å²) in [4.78, 5) is 1.25. The van der Waals surface area contributed by atoms with Crippen molar-refractivity contribution in [2.75, 3.05) is 0 Å². The number of alkyl halides is 1. The van der Waals surface area contributed by atoms with Crippen LogP contribution in [0.1, 0.15) is 31.0 Å². The van der Waals surface area contributed by atoms with Gasteiger partial charge in [0.25, 0.3) is 0 Å². The Bertz CT molecular complexity index is 270. The maximum Gasteiger partial charge on any atom is 0.0717 e. The fourth-order valence-corrected chi connectivity index (χ4v) is 3.48. The van der Waals surface area contributed by atoms with Gasteiger partial charge in [-0.15, -0.1) is 22.9 Å². The van der Waals surface area contributed by atoms with E-state index < -0.39 is 0 Å². The van der Waals surface area contributed by atoms with Crippen molar-refractivity contribution in [1.29, 1.82) is 0 Å². The summed E-state index contributed by atoms with van der Waals surface area (Å²) in [6.45, 7) is 6.62. The highest BCUT2D eigenvalue weighted by atomic mass is 79.9. The molecule has 0 aliphatic heterocycles. The van der Waals surface area contributed by atoms with Crippen molar-refractivity contribution in [3.8, 4) is 0 Å². The average molecular weight is 282 g/mol. The van der Waals surface area contributed by atoms with Crippen LogP contribution >= 0.6 is 38.9 Å². The zero-order valence-electron chi connectivity index (χ0n) is 8.05. The van der Waals surface area contributed by atoms with E-state index >= 15 is 0 Å². The van der Waals surface area contributed by atoms with E-state index in [1.807, 2.05) is 0 Å². The number of rotatable bonds is 3. The van der Waals surface area contributed by atoms with Crippen LogP contribution in [0.5, 0.6) is 0 Å². The van der Waals surface area contributed by atoms with E-state index in [9.17, 15) is 0 Å². The molecule has 0 spiro atoms. The molecular weight excluding hydrogens is 268 g/mol. The van der Waals surface area contributed by atoms with Gasteiger partial charge in [0, 0.05) is 9.35 Å². The van der Waals surface area contributed by atoms with Crippen LogP contribution in [0.15, 0.2) is 15.9 Å². The summed E-state index contributed by atoms with van der Waals surface area (Å²) in [6.07, 6.45) is 0. The first-order valence-corrected chi connectivity index (χ1v) is 6.52. The molecule has 0 nitrogen and oxygen atoms in total. The van der Waals surface area contributed by atoms with E-state index in [1.54, 1.807) is 11.3 Å². The Kier molecular flexibility index (Phi) is 4.27. The molecule has 3 heteroatoms. The van der Waals surface area contributed by atoms with Crippen LogP contribution in [0.2, 0.25) is 0 Å². The molecule has 1 aromatic rings. The number of hydrogen-bond donors (Lipinski definition) is 0. The normalized spacial score (nSPS) is 16.2. The predicted molar refractivity (Wildman–Crippen MR) is 64.6 cm³/mol. The molecule has 74 valence electrons. The van der Waals surface area contributed by atoms with Crippen molar-refractivity contribution in [3.05, 3.63) is 20.8 Å². The Morgan fingerprint density at radius 1 is 1.38 bits per heavy atom. The van der Waals surface area contributed by atoms with Gasteiger partial charge in [-0.2, -0.15) is 0 Å². The Morgan fingerprint density at radius 3 is 2.38 bits per heavy atom. The molecule has 0 bridgehead atoms. The standard InChI is InChI=1S/C10H14BrClS/c1-6(2)7(3)9(12)10-8(11)4-5-13-10/h4-7,9H,1-3H3. The summed E-state index contributed by atoms with van der Waals surface area (Å²) < 4.78 is 1.14. The van der Waals surface area contributed by atoms with Gasteiger partial charge in [0.05, 0.1) is 5.38 Å². The lowest BCUT2D eigenvalue weighted by Gasteiger charge is -2.20. The van der Waals surface area contributed by atoms with Crippen LogP contribution in [0.3, 0.4) is 0 Å². The molecule has 0 radical (unpaired) electrons. The van der Waals surface area contributed by atoms with E-state index in [0.29, 0.717) is 11.8 Å². The van der Waals surface area contributed by atoms with Crippen molar-refractivity contribution in [2.45, 2.75) is 26.1 Å². The SMILES string of the molecule is CC(C)C(C)C(Cl)c1sccc1Br. The topological polar surface area (TPSA) is 0 Å². The lowest BCUT2D eigenvalue weighted by atomic mass is 9.94. The highest BCUT2D eigenvalue weighted by Gasteiger charge is 2.22. The third-order valence-electron chi connectivity index (χ3n) is 2.41. The first-order chi connectivity index (χ1) is 6.04. The third-order valence-corrected chi connectivity index (χ3v) is 5.11. The average Bonchev–Trinajstić information content (AvgIpc) is 2.48. The van der Waals surface area contributed by atoms with E-state index in [2.05, 4.69) is 48.1 Å². The van der Waals surface area contributed by atoms with Gasteiger partial charge < -0.3 is 0 Å². The summed E-state index contributed by atoms with van der Waals surface area (Å²) in [6, 6.07) is 2.06. The summed E-state index contributed by atoms with van der Waals surface area (Å²) in [5.41, 5.74) is 0. The molecule has 0 aliphatic carbocycles. The maximum atomic E-state index is 6.38. The van der Waals surface area contributed by atoms with Crippen LogP contribution in [-0.2, 0) is 0 Å². The highest BCUT2D eigenvalue weighted by molar-refractivity contribution is 9.10. The number of halogens is 2. The van der Waals surface area contributed by atoms with Gasteiger partial charge in [-0.3, -0.25) is 0 Å². The van der Waals surface area contributed by atoms with Gasteiger partial charge in [0.2, 0.25) is 0 Å². The molecule has 2 atom stereocenters. The van der Waals surface area contributed by atoms with Crippen LogP contribution in [0, 0.1) is 11.8 Å². The van der Waals surface area contributed by atoms with Crippen molar-refractivity contribution >= 4 is 38.9 Å². The van der Waals surface area contributed by atoms with Crippen LogP contribution < -0.4 is 0 Å². The molecule has 2 unspecified atom stereocenters. The Balaban J connectivity index is 2.79. The summed E-state index contributed by atoms with van der Waals surface area (Å²) >= 11 is 11.6. The second-order valence-corrected chi connectivity index (χ2v) is 5.91. The van der Waals surface area contributed by atoms with E-state index in [4.69, 9.17) is 11.6 Å². The zero-order chi connectivity index (χ0) is 10.0. The van der Waals surface area contributed by atoms with Gasteiger partial charge in [-0.05, 0) is 39.2 Å². The molecule has 0 fully saturated rings. The molecular formula is C10H14BrClS. The minimum absolute atomic E-state index is 0.134. The van der Waals surface area contributed by atoms with Crippen LogP contribution in [0.25, 0.3) is 0 Å². The minimum atomic E-state index is 0.134. The Morgan fingerprint density at radius 2 is 2.00 bits per heavy atom. The summed E-state index contributed by atoms with van der Waals surface area (Å²) in [7, 11) is 0. The van der Waals surface area contributed by atoms with E-state index in [1.165, 1.54) is 4.88 Å². The van der Waals surface area contributed by atoms with Crippen molar-refractivity contribution < 1.29 is 0 Å². The maximum absolute atomic E-state index is 6.38. The molecule has 0 amide bonds. The van der Waals surface area contributed by atoms with E-state index in [-0.39, 0.29) is 5.38 Å². The number of hydrogen-bond acceptors (Lipinski definition) is 1. The number of thiophene rings is 1. The van der Waals surface area contributed by atoms with Gasteiger partial charge in [0.1, 0.15) is 0 Å². The molecule has 0 N–H and O–H groups in total. The van der Waals surface area contributed by atoms with Gasteiger partial charge >= 0.3 is 0 Å². The van der Waals surface area contributed by atoms with Gasteiger partial charge in [0.15, 0.2) is 0 Å². The molecule has 1 heterocycles. The molecule has 13 heavy (non-hydrogen) atoms. The fraction of sp³-hybridized carbons (Fsp3) is 0.600. The predicted octanol–water partition coefficient (Wildman–Crippen LogP) is 5.08. The molecule has 0 aliphatic rings. The summed E-state index contributed by atoms with van der Waals surface area (Å²) in [5, 5.41) is 2.20. The highest BCUT2D eigenvalue weighted by Crippen LogP contribution is 2.40. The van der Waals surface area contributed by atoms with Crippen molar-refractivity contribution in [3.63, 3.8) is 0 Å². The molecule has 1 rings (SSSR count). The van der Waals surface area contributed by atoms with Gasteiger partial charge in [-0.1, -0.05) is 20.8 Å². The largest absolute Gasteiger partial charge is 0.146 e. The van der Waals surface area contributed by atoms with Crippen LogP contribution in [-0.4, -0.2) is 0 Å². The lowest BCUT2D eigenvalue weighted by Crippen LogP contribution is -2.09. The third kappa shape index (κ3) is 2.71. The quantitative estimate of drug-likeness (QED) is 0.678. The van der Waals surface area contributed by atoms with Gasteiger partial charge in [-0.25, -0.2) is 0 Å². The smallest absolute Gasteiger partial charge is 0.0717 e. The Labute approximate surface area is 97.4 Å². The summed E-state index contributed by atoms with van der Waals surface area (Å²) in [5.74, 6) is 1.13. The lowest BCUT2D eigenvalue weighted by molar-refractivity contribution is 0.408. The zero-order valence-corrected chi connectivity index (χ0v) is 11.2. The molecule has 0 saturated carbocycles. The van der Waals surface area contributed by atoms with Crippen LogP contribution in [0.4, 0.5) is 0 Å². The molecule has 0 aromatic carbocycles. The minimum Gasteiger partial charge on any atom is -0.146 e. The first kappa shape index (κ1) is 11.5. The Hall–Kier alpha value is 0.470. The first-order valence-electron chi connectivity index (χ1n) is 4.41. The fourth-order valence-electron chi connectivity index (χ4n) is 1.08. The molecule has 0 saturated heterocycles. The monoisotopic (exact) mass is 280 g/mol. The van der Waals surface area contributed by atoms with Crippen molar-refractivity contribution in [2.24, 2.45) is 11.8 Å². The molecule has 1 aromatic heterocycles. The van der Waals surface area contributed by atoms with Crippen molar-refractivity contribution in [1.82, 2.24) is 0 Å².